The summed E-state index contributed by atoms with van der Waals surface area (Å²) >= 11 is 0. The van der Waals surface area contributed by atoms with Crippen molar-refractivity contribution in [2.45, 2.75) is 27.3 Å². The first-order chi connectivity index (χ1) is 11.2. The van der Waals surface area contributed by atoms with Crippen molar-refractivity contribution in [2.75, 3.05) is 37.7 Å². The second kappa shape index (κ2) is 6.95. The Labute approximate surface area is 136 Å². The highest BCUT2D eigenvalue weighted by Crippen LogP contribution is 2.17. The van der Waals surface area contributed by atoms with Crippen molar-refractivity contribution in [2.24, 2.45) is 0 Å². The summed E-state index contributed by atoms with van der Waals surface area (Å²) in [5.41, 5.74) is 0.974. The molecule has 0 N–H and O–H groups in total. The molecule has 0 saturated carbocycles. The average Bonchev–Trinajstić information content (AvgIpc) is 2.86. The summed E-state index contributed by atoms with van der Waals surface area (Å²) in [6.45, 7) is 10.9. The summed E-state index contributed by atoms with van der Waals surface area (Å²) in [5.74, 6) is 3.16. The molecule has 124 valence electrons. The van der Waals surface area contributed by atoms with Gasteiger partial charge in [-0.1, -0.05) is 0 Å². The molecule has 1 aliphatic rings. The first-order valence-electron chi connectivity index (χ1n) is 8.00. The smallest absolute Gasteiger partial charge is 0.234 e. The number of aryl methyl sites for hydroxylation is 2. The lowest BCUT2D eigenvalue weighted by Crippen LogP contribution is -2.46. The molecule has 3 heterocycles. The van der Waals surface area contributed by atoms with E-state index < -0.39 is 0 Å². The maximum absolute atomic E-state index is 5.67. The van der Waals surface area contributed by atoms with Crippen LogP contribution in [0.4, 0.5) is 5.82 Å². The van der Waals surface area contributed by atoms with Crippen LogP contribution in [0.25, 0.3) is 0 Å². The van der Waals surface area contributed by atoms with Gasteiger partial charge >= 0.3 is 0 Å². The third-order valence-corrected chi connectivity index (χ3v) is 4.02. The van der Waals surface area contributed by atoms with E-state index in [2.05, 4.69) is 24.8 Å². The van der Waals surface area contributed by atoms with Crippen molar-refractivity contribution in [1.82, 2.24) is 19.9 Å². The van der Waals surface area contributed by atoms with Crippen molar-refractivity contribution in [3.63, 3.8) is 0 Å². The first kappa shape index (κ1) is 15.7. The minimum absolute atomic E-state index is 0.582. The van der Waals surface area contributed by atoms with Gasteiger partial charge in [0, 0.05) is 26.2 Å². The third-order valence-electron chi connectivity index (χ3n) is 4.02. The van der Waals surface area contributed by atoms with Crippen molar-refractivity contribution in [1.29, 1.82) is 0 Å². The van der Waals surface area contributed by atoms with Gasteiger partial charge in [-0.25, -0.2) is 4.98 Å². The number of hydrogen-bond acceptors (Lipinski definition) is 7. The van der Waals surface area contributed by atoms with E-state index in [4.69, 9.17) is 9.15 Å². The van der Waals surface area contributed by atoms with Gasteiger partial charge in [0.05, 0.1) is 31.2 Å². The fourth-order valence-corrected chi connectivity index (χ4v) is 2.64. The lowest BCUT2D eigenvalue weighted by molar-refractivity contribution is 0.224. The number of nitrogens with zero attached hydrogens (tertiary/aromatic N) is 5. The fraction of sp³-hybridized carbons (Fsp3) is 0.562. The van der Waals surface area contributed by atoms with Crippen LogP contribution in [0.1, 0.15) is 24.3 Å². The van der Waals surface area contributed by atoms with Gasteiger partial charge in [-0.3, -0.25) is 9.88 Å². The highest BCUT2D eigenvalue weighted by Gasteiger charge is 2.20. The molecule has 1 aliphatic heterocycles. The maximum atomic E-state index is 5.67. The number of anilines is 1. The molecule has 0 bridgehead atoms. The molecule has 0 spiro atoms. The quantitative estimate of drug-likeness (QED) is 0.833. The van der Waals surface area contributed by atoms with Crippen molar-refractivity contribution >= 4 is 5.82 Å². The molecule has 1 saturated heterocycles. The number of aromatic nitrogens is 3. The van der Waals surface area contributed by atoms with E-state index in [0.29, 0.717) is 12.5 Å². The fourth-order valence-electron chi connectivity index (χ4n) is 2.64. The van der Waals surface area contributed by atoms with Gasteiger partial charge in [-0.05, 0) is 20.8 Å². The monoisotopic (exact) mass is 317 g/mol. The summed E-state index contributed by atoms with van der Waals surface area (Å²) in [6, 6.07) is 0. The topological polar surface area (TPSA) is 67.5 Å². The molecule has 7 nitrogen and oxygen atoms in total. The second-order valence-electron chi connectivity index (χ2n) is 5.66. The predicted octanol–water partition coefficient (Wildman–Crippen LogP) is 1.80. The number of rotatable bonds is 5. The highest BCUT2D eigenvalue weighted by atomic mass is 16.5. The van der Waals surface area contributed by atoms with Crippen LogP contribution in [-0.2, 0) is 6.54 Å². The highest BCUT2D eigenvalue weighted by molar-refractivity contribution is 5.38. The Morgan fingerprint density at radius 3 is 2.57 bits per heavy atom. The molecule has 0 unspecified atom stereocenters. The Morgan fingerprint density at radius 1 is 1.13 bits per heavy atom. The zero-order valence-electron chi connectivity index (χ0n) is 13.9. The molecule has 0 atom stereocenters. The molecule has 2 aromatic rings. The number of ether oxygens (including phenoxy) is 1. The van der Waals surface area contributed by atoms with Gasteiger partial charge in [0.15, 0.2) is 5.82 Å². The van der Waals surface area contributed by atoms with Gasteiger partial charge in [-0.15, -0.1) is 0 Å². The molecule has 23 heavy (non-hydrogen) atoms. The third kappa shape index (κ3) is 3.79. The van der Waals surface area contributed by atoms with E-state index in [1.165, 1.54) is 0 Å². The normalized spacial score (nSPS) is 15.9. The van der Waals surface area contributed by atoms with Crippen LogP contribution in [0.3, 0.4) is 0 Å². The van der Waals surface area contributed by atoms with Crippen LogP contribution in [-0.4, -0.2) is 52.6 Å². The van der Waals surface area contributed by atoms with Crippen LogP contribution < -0.4 is 9.64 Å². The lowest BCUT2D eigenvalue weighted by Gasteiger charge is -2.34. The van der Waals surface area contributed by atoms with Crippen molar-refractivity contribution < 1.29 is 9.15 Å². The molecular weight excluding hydrogens is 294 g/mol. The largest absolute Gasteiger partial charge is 0.477 e. The Morgan fingerprint density at radius 2 is 1.91 bits per heavy atom. The zero-order chi connectivity index (χ0) is 16.2. The van der Waals surface area contributed by atoms with Crippen LogP contribution >= 0.6 is 0 Å². The van der Waals surface area contributed by atoms with E-state index in [1.54, 1.807) is 12.4 Å². The number of hydrogen-bond donors (Lipinski definition) is 0. The Hall–Kier alpha value is -2.15. The molecule has 0 radical (unpaired) electrons. The maximum Gasteiger partial charge on any atom is 0.234 e. The van der Waals surface area contributed by atoms with Gasteiger partial charge < -0.3 is 14.1 Å². The van der Waals surface area contributed by atoms with Crippen LogP contribution in [0, 0.1) is 13.8 Å². The Balaban J connectivity index is 1.56. The molecule has 2 aromatic heterocycles. The SMILES string of the molecule is CCOc1cncc(N2CCN(Cc3nc(C)c(C)o3)CC2)n1. The summed E-state index contributed by atoms with van der Waals surface area (Å²) in [6.07, 6.45) is 3.44. The minimum atomic E-state index is 0.582. The molecule has 0 aromatic carbocycles. The van der Waals surface area contributed by atoms with Crippen molar-refractivity contribution in [3.8, 4) is 5.88 Å². The van der Waals surface area contributed by atoms with E-state index >= 15 is 0 Å². The second-order valence-corrected chi connectivity index (χ2v) is 5.66. The first-order valence-corrected chi connectivity index (χ1v) is 8.00. The molecule has 0 aliphatic carbocycles. The van der Waals surface area contributed by atoms with E-state index in [-0.39, 0.29) is 0 Å². The van der Waals surface area contributed by atoms with Gasteiger partial charge in [0.2, 0.25) is 11.8 Å². The summed E-state index contributed by atoms with van der Waals surface area (Å²) in [4.78, 5) is 17.7. The number of oxazole rings is 1. The number of piperazine rings is 1. The molecule has 3 rings (SSSR count). The minimum Gasteiger partial charge on any atom is -0.477 e. The van der Waals surface area contributed by atoms with Crippen LogP contribution in [0.15, 0.2) is 16.8 Å². The zero-order valence-corrected chi connectivity index (χ0v) is 13.9. The summed E-state index contributed by atoms with van der Waals surface area (Å²) in [5, 5.41) is 0. The predicted molar refractivity (Wildman–Crippen MR) is 86.7 cm³/mol. The Kier molecular flexibility index (Phi) is 4.76. The molecule has 7 heteroatoms. The van der Waals surface area contributed by atoms with E-state index in [9.17, 15) is 0 Å². The van der Waals surface area contributed by atoms with Gasteiger partial charge in [0.25, 0.3) is 0 Å². The van der Waals surface area contributed by atoms with E-state index in [0.717, 1.165) is 55.9 Å². The lowest BCUT2D eigenvalue weighted by atomic mass is 10.3. The molecule has 0 amide bonds. The van der Waals surface area contributed by atoms with Gasteiger partial charge in [0.1, 0.15) is 5.76 Å². The standard InChI is InChI=1S/C16H23N5O2/c1-4-22-15-10-17-9-14(19-15)21-7-5-20(6-8-21)11-16-18-12(2)13(3)23-16/h9-10H,4-8,11H2,1-3H3. The summed E-state index contributed by atoms with van der Waals surface area (Å²) in [7, 11) is 0. The van der Waals surface area contributed by atoms with E-state index in [1.807, 2.05) is 20.8 Å². The average molecular weight is 317 g/mol. The molecular formula is C16H23N5O2. The van der Waals surface area contributed by atoms with Crippen LogP contribution in [0.2, 0.25) is 0 Å². The summed E-state index contributed by atoms with van der Waals surface area (Å²) < 4.78 is 11.1. The Bertz CT molecular complexity index is 630. The molecule has 1 fully saturated rings. The van der Waals surface area contributed by atoms with Crippen LogP contribution in [0.5, 0.6) is 5.88 Å². The van der Waals surface area contributed by atoms with Crippen molar-refractivity contribution in [3.05, 3.63) is 29.7 Å². The van der Waals surface area contributed by atoms with Gasteiger partial charge in [-0.2, -0.15) is 4.98 Å².